The zero-order valence-electron chi connectivity index (χ0n) is 16.2. The summed E-state index contributed by atoms with van der Waals surface area (Å²) in [6.07, 6.45) is 1.54. The van der Waals surface area contributed by atoms with Gasteiger partial charge in [-0.05, 0) is 72.8 Å². The first kappa shape index (κ1) is 20.0. The molecule has 7 nitrogen and oxygen atoms in total. The third kappa shape index (κ3) is 5.18. The molecule has 0 unspecified atom stereocenters. The summed E-state index contributed by atoms with van der Waals surface area (Å²) in [6, 6.07) is 18.8. The van der Waals surface area contributed by atoms with Crippen molar-refractivity contribution in [2.75, 3.05) is 10.6 Å². The van der Waals surface area contributed by atoms with E-state index in [-0.39, 0.29) is 24.2 Å². The van der Waals surface area contributed by atoms with E-state index in [2.05, 4.69) is 16.0 Å². The Hall–Kier alpha value is -4.33. The second-order valence-corrected chi connectivity index (χ2v) is 6.59. The van der Waals surface area contributed by atoms with E-state index in [0.29, 0.717) is 28.5 Å². The first-order valence-corrected chi connectivity index (χ1v) is 9.41. The van der Waals surface area contributed by atoms with Gasteiger partial charge < -0.3 is 24.8 Å². The molecule has 8 heteroatoms. The maximum atomic E-state index is 13.0. The fraction of sp³-hybridized carbons (Fsp3) is 0.0435. The molecule has 156 valence electrons. The number of amides is 3. The van der Waals surface area contributed by atoms with Crippen LogP contribution in [0.4, 0.5) is 20.6 Å². The number of halogens is 1. The molecule has 3 N–H and O–H groups in total. The average Bonchev–Trinajstić information content (AvgIpc) is 3.47. The van der Waals surface area contributed by atoms with Gasteiger partial charge in [-0.2, -0.15) is 0 Å². The molecule has 2 heterocycles. The third-order valence-electron chi connectivity index (χ3n) is 4.36. The third-order valence-corrected chi connectivity index (χ3v) is 4.36. The fourth-order valence-electron chi connectivity index (χ4n) is 2.81. The zero-order chi connectivity index (χ0) is 21.6. The molecular formula is C23H18FN3O4. The number of hydrogen-bond donors (Lipinski definition) is 3. The first-order chi connectivity index (χ1) is 15.1. The van der Waals surface area contributed by atoms with Gasteiger partial charge in [0.2, 0.25) is 0 Å². The summed E-state index contributed by atoms with van der Waals surface area (Å²) in [5, 5.41) is 8.09. The number of urea groups is 1. The van der Waals surface area contributed by atoms with Crippen LogP contribution in [0.3, 0.4) is 0 Å². The number of hydrogen-bond acceptors (Lipinski definition) is 4. The van der Waals surface area contributed by atoms with Crippen LogP contribution in [0.2, 0.25) is 0 Å². The Kier molecular flexibility index (Phi) is 5.79. The highest BCUT2D eigenvalue weighted by molar-refractivity contribution is 6.02. The molecule has 0 saturated carbocycles. The normalized spacial score (nSPS) is 10.5. The Morgan fingerprint density at radius 1 is 0.839 bits per heavy atom. The van der Waals surface area contributed by atoms with Crippen molar-refractivity contribution in [1.29, 1.82) is 0 Å². The molecule has 2 aromatic carbocycles. The quantitative estimate of drug-likeness (QED) is 0.398. The fourth-order valence-corrected chi connectivity index (χ4v) is 2.81. The number of nitrogens with one attached hydrogen (secondary N) is 3. The molecular weight excluding hydrogens is 401 g/mol. The number of carbonyl (C=O) groups is 2. The van der Waals surface area contributed by atoms with Crippen molar-refractivity contribution in [3.8, 4) is 11.3 Å². The lowest BCUT2D eigenvalue weighted by molar-refractivity contribution is 0.0997. The van der Waals surface area contributed by atoms with Gasteiger partial charge in [0.05, 0.1) is 12.8 Å². The maximum Gasteiger partial charge on any atom is 0.319 e. The Bertz CT molecular complexity index is 1170. The van der Waals surface area contributed by atoms with Gasteiger partial charge in [0.15, 0.2) is 5.76 Å². The molecule has 0 aliphatic carbocycles. The summed E-state index contributed by atoms with van der Waals surface area (Å²) in [7, 11) is 0. The summed E-state index contributed by atoms with van der Waals surface area (Å²) in [6.45, 7) is 0.274. The van der Waals surface area contributed by atoms with Crippen LogP contribution in [-0.2, 0) is 6.54 Å². The van der Waals surface area contributed by atoms with E-state index >= 15 is 0 Å². The topological polar surface area (TPSA) is 96.5 Å². The van der Waals surface area contributed by atoms with Crippen LogP contribution in [-0.4, -0.2) is 11.9 Å². The van der Waals surface area contributed by atoms with Crippen molar-refractivity contribution < 1.29 is 22.8 Å². The Labute approximate surface area is 176 Å². The lowest BCUT2D eigenvalue weighted by Gasteiger charge is -2.08. The number of benzene rings is 2. The Morgan fingerprint density at radius 2 is 1.55 bits per heavy atom. The van der Waals surface area contributed by atoms with E-state index in [4.69, 9.17) is 8.83 Å². The standard InChI is InChI=1S/C23H18FN3O4/c24-16-5-3-15(4-6-16)20-11-12-21(31-20)22(28)26-17-7-9-18(10-8-17)27-23(29)25-14-19-2-1-13-30-19/h1-13H,14H2,(H,26,28)(H2,25,27,29). The molecule has 0 spiro atoms. The molecule has 3 amide bonds. The predicted molar refractivity (Wildman–Crippen MR) is 113 cm³/mol. The van der Waals surface area contributed by atoms with Gasteiger partial charge in [0.1, 0.15) is 17.3 Å². The van der Waals surface area contributed by atoms with Gasteiger partial charge in [-0.1, -0.05) is 0 Å². The van der Waals surface area contributed by atoms with Crippen LogP contribution in [0, 0.1) is 5.82 Å². The SMILES string of the molecule is O=C(NCc1ccco1)Nc1ccc(NC(=O)c2ccc(-c3ccc(F)cc3)o2)cc1. The molecule has 0 saturated heterocycles. The molecule has 0 aliphatic rings. The molecule has 31 heavy (non-hydrogen) atoms. The van der Waals surface area contributed by atoms with Crippen molar-refractivity contribution in [2.24, 2.45) is 0 Å². The van der Waals surface area contributed by atoms with E-state index in [1.807, 2.05) is 0 Å². The van der Waals surface area contributed by atoms with E-state index in [9.17, 15) is 14.0 Å². The highest BCUT2D eigenvalue weighted by Gasteiger charge is 2.13. The average molecular weight is 419 g/mol. The van der Waals surface area contributed by atoms with Gasteiger partial charge in [-0.3, -0.25) is 4.79 Å². The molecule has 0 fully saturated rings. The largest absolute Gasteiger partial charge is 0.467 e. The number of rotatable bonds is 6. The Morgan fingerprint density at radius 3 is 2.23 bits per heavy atom. The van der Waals surface area contributed by atoms with Crippen molar-refractivity contribution in [2.45, 2.75) is 6.54 Å². The van der Waals surface area contributed by atoms with E-state index in [0.717, 1.165) is 0 Å². The van der Waals surface area contributed by atoms with Crippen molar-refractivity contribution in [1.82, 2.24) is 5.32 Å². The van der Waals surface area contributed by atoms with Crippen LogP contribution in [0.1, 0.15) is 16.3 Å². The van der Waals surface area contributed by atoms with Crippen LogP contribution >= 0.6 is 0 Å². The van der Waals surface area contributed by atoms with E-state index in [1.165, 1.54) is 18.4 Å². The summed E-state index contributed by atoms with van der Waals surface area (Å²) >= 11 is 0. The molecule has 0 bridgehead atoms. The minimum atomic E-state index is -0.426. The molecule has 0 aliphatic heterocycles. The van der Waals surface area contributed by atoms with Gasteiger partial charge in [0, 0.05) is 16.9 Å². The van der Waals surface area contributed by atoms with Gasteiger partial charge in [-0.25, -0.2) is 9.18 Å². The smallest absolute Gasteiger partial charge is 0.319 e. The maximum absolute atomic E-state index is 13.0. The second-order valence-electron chi connectivity index (χ2n) is 6.59. The van der Waals surface area contributed by atoms with Crippen LogP contribution in [0.15, 0.2) is 87.9 Å². The number of anilines is 2. The van der Waals surface area contributed by atoms with Crippen LogP contribution < -0.4 is 16.0 Å². The molecule has 0 atom stereocenters. The highest BCUT2D eigenvalue weighted by atomic mass is 19.1. The summed E-state index contributed by atoms with van der Waals surface area (Å²) in [4.78, 5) is 24.3. The van der Waals surface area contributed by atoms with Gasteiger partial charge in [0.25, 0.3) is 5.91 Å². The summed E-state index contributed by atoms with van der Waals surface area (Å²) in [5.41, 5.74) is 1.76. The lowest BCUT2D eigenvalue weighted by Crippen LogP contribution is -2.27. The van der Waals surface area contributed by atoms with Crippen LogP contribution in [0.25, 0.3) is 11.3 Å². The second kappa shape index (κ2) is 9.00. The first-order valence-electron chi connectivity index (χ1n) is 9.41. The monoisotopic (exact) mass is 419 g/mol. The molecule has 4 rings (SSSR count). The zero-order valence-corrected chi connectivity index (χ0v) is 16.2. The van der Waals surface area contributed by atoms with Crippen molar-refractivity contribution in [3.05, 3.63) is 96.4 Å². The number of furan rings is 2. The predicted octanol–water partition coefficient (Wildman–Crippen LogP) is 5.25. The number of carbonyl (C=O) groups excluding carboxylic acids is 2. The minimum Gasteiger partial charge on any atom is -0.467 e. The highest BCUT2D eigenvalue weighted by Crippen LogP contribution is 2.23. The minimum absolute atomic E-state index is 0.124. The van der Waals surface area contributed by atoms with Gasteiger partial charge in [-0.15, -0.1) is 0 Å². The summed E-state index contributed by atoms with van der Waals surface area (Å²) in [5.74, 6) is 0.462. The van der Waals surface area contributed by atoms with Crippen molar-refractivity contribution >= 4 is 23.3 Å². The van der Waals surface area contributed by atoms with E-state index < -0.39 is 5.91 Å². The van der Waals surface area contributed by atoms with Gasteiger partial charge >= 0.3 is 6.03 Å². The van der Waals surface area contributed by atoms with E-state index in [1.54, 1.807) is 60.7 Å². The summed E-state index contributed by atoms with van der Waals surface area (Å²) < 4.78 is 23.8. The lowest BCUT2D eigenvalue weighted by atomic mass is 10.2. The van der Waals surface area contributed by atoms with Crippen LogP contribution in [0.5, 0.6) is 0 Å². The molecule has 2 aromatic heterocycles. The van der Waals surface area contributed by atoms with Crippen molar-refractivity contribution in [3.63, 3.8) is 0 Å². The molecule has 4 aromatic rings. The Balaban J connectivity index is 1.32. The molecule has 0 radical (unpaired) electrons.